The molecule has 0 unspecified atom stereocenters. The van der Waals surface area contributed by atoms with E-state index in [1.807, 2.05) is 110 Å². The lowest BCUT2D eigenvalue weighted by Crippen LogP contribution is -2.50. The number of nitrogens with zero attached hydrogens (tertiary/aromatic N) is 3. The molecule has 0 saturated carbocycles. The zero-order valence-electron chi connectivity index (χ0n) is 32.6. The van der Waals surface area contributed by atoms with Crippen molar-refractivity contribution in [2.24, 2.45) is 17.4 Å². The zero-order chi connectivity index (χ0) is 38.9. The van der Waals surface area contributed by atoms with Gasteiger partial charge in [0.2, 0.25) is 0 Å². The first-order valence-corrected chi connectivity index (χ1v) is 19.4. The first kappa shape index (κ1) is 42.1. The monoisotopic (exact) mass is 743 g/mol. The van der Waals surface area contributed by atoms with Crippen LogP contribution in [0.2, 0.25) is 0 Å². The largest absolute Gasteiger partial charge is 0.445 e. The number of nitrogens with two attached hydrogens (primary N) is 2. The highest BCUT2D eigenvalue weighted by atomic mass is 16.6. The molecule has 0 spiro atoms. The molecule has 0 aliphatic carbocycles. The van der Waals surface area contributed by atoms with E-state index in [9.17, 15) is 14.4 Å². The SMILES string of the molecule is C[C@@H]1CC[C@@H](N)CN1C(=O)OCc1ccccc1.C[C@H]1CC[C@H](C)N(C(=O)OCc2ccccc2)C1.C[C@H]1CC[C@H](N)CN1C(=O)OCc1ccccc1. The third kappa shape index (κ3) is 14.0. The van der Waals surface area contributed by atoms with Crippen LogP contribution in [0.25, 0.3) is 0 Å². The molecule has 0 aromatic heterocycles. The lowest BCUT2D eigenvalue weighted by Gasteiger charge is -2.35. The van der Waals surface area contributed by atoms with Crippen LogP contribution in [-0.2, 0) is 34.0 Å². The molecule has 294 valence electrons. The summed E-state index contributed by atoms with van der Waals surface area (Å²) in [5.41, 5.74) is 14.8. The van der Waals surface area contributed by atoms with Gasteiger partial charge in [-0.1, -0.05) is 97.9 Å². The number of hydrogen-bond acceptors (Lipinski definition) is 8. The van der Waals surface area contributed by atoms with Crippen molar-refractivity contribution < 1.29 is 28.6 Å². The van der Waals surface area contributed by atoms with Gasteiger partial charge in [-0.05, 0) is 81.9 Å². The predicted molar refractivity (Wildman–Crippen MR) is 211 cm³/mol. The number of ether oxygens (including phenoxy) is 3. The van der Waals surface area contributed by atoms with Gasteiger partial charge < -0.3 is 40.4 Å². The predicted octanol–water partition coefficient (Wildman–Crippen LogP) is 7.71. The Kier molecular flexibility index (Phi) is 17.1. The third-order valence-electron chi connectivity index (χ3n) is 10.3. The Balaban J connectivity index is 0.000000180. The second-order valence-electron chi connectivity index (χ2n) is 15.0. The smallest absolute Gasteiger partial charge is 0.410 e. The van der Waals surface area contributed by atoms with Crippen molar-refractivity contribution in [3.63, 3.8) is 0 Å². The van der Waals surface area contributed by atoms with Gasteiger partial charge in [0.25, 0.3) is 0 Å². The fraction of sp³-hybridized carbons (Fsp3) is 0.512. The number of likely N-dealkylation sites (tertiary alicyclic amines) is 3. The average molecular weight is 744 g/mol. The number of hydrogen-bond donors (Lipinski definition) is 2. The molecule has 11 heteroatoms. The lowest BCUT2D eigenvalue weighted by atomic mass is 9.96. The van der Waals surface area contributed by atoms with Crippen LogP contribution in [0.4, 0.5) is 14.4 Å². The molecule has 3 aliphatic rings. The van der Waals surface area contributed by atoms with Crippen LogP contribution in [0.3, 0.4) is 0 Å². The van der Waals surface area contributed by atoms with E-state index in [1.165, 1.54) is 6.42 Å². The second-order valence-corrected chi connectivity index (χ2v) is 15.0. The van der Waals surface area contributed by atoms with E-state index in [0.29, 0.717) is 44.9 Å². The summed E-state index contributed by atoms with van der Waals surface area (Å²) in [7, 11) is 0. The molecule has 3 amide bonds. The second kappa shape index (κ2) is 21.9. The maximum absolute atomic E-state index is 12.0. The van der Waals surface area contributed by atoms with E-state index in [4.69, 9.17) is 25.7 Å². The Labute approximate surface area is 321 Å². The molecule has 54 heavy (non-hydrogen) atoms. The van der Waals surface area contributed by atoms with E-state index in [1.54, 1.807) is 9.80 Å². The maximum Gasteiger partial charge on any atom is 0.410 e. The van der Waals surface area contributed by atoms with Crippen LogP contribution in [0.5, 0.6) is 0 Å². The summed E-state index contributed by atoms with van der Waals surface area (Å²) >= 11 is 0. The van der Waals surface area contributed by atoms with E-state index in [0.717, 1.165) is 55.3 Å². The van der Waals surface area contributed by atoms with Crippen LogP contribution >= 0.6 is 0 Å². The van der Waals surface area contributed by atoms with Crippen molar-refractivity contribution in [2.75, 3.05) is 19.6 Å². The summed E-state index contributed by atoms with van der Waals surface area (Å²) in [6.07, 6.45) is 5.41. The van der Waals surface area contributed by atoms with Gasteiger partial charge in [-0.15, -0.1) is 0 Å². The fourth-order valence-corrected chi connectivity index (χ4v) is 6.73. The molecule has 0 radical (unpaired) electrons. The lowest BCUT2D eigenvalue weighted by molar-refractivity contribution is 0.0612. The molecule has 11 nitrogen and oxygen atoms in total. The minimum atomic E-state index is -0.262. The van der Waals surface area contributed by atoms with E-state index >= 15 is 0 Å². The normalized spacial score (nSPS) is 23.8. The van der Waals surface area contributed by atoms with E-state index in [2.05, 4.69) is 13.8 Å². The molecule has 3 fully saturated rings. The summed E-state index contributed by atoms with van der Waals surface area (Å²) in [5.74, 6) is 0.575. The highest BCUT2D eigenvalue weighted by Crippen LogP contribution is 2.23. The molecule has 4 N–H and O–H groups in total. The number of carbonyl (C=O) groups excluding carboxylic acids is 3. The van der Waals surface area contributed by atoms with Crippen LogP contribution in [0, 0.1) is 5.92 Å². The summed E-state index contributed by atoms with van der Waals surface area (Å²) < 4.78 is 16.0. The van der Waals surface area contributed by atoms with Crippen molar-refractivity contribution in [1.29, 1.82) is 0 Å². The Morgan fingerprint density at radius 3 is 1.11 bits per heavy atom. The molecule has 3 aliphatic heterocycles. The molecular formula is C43H61N5O6. The first-order chi connectivity index (χ1) is 26.0. The Morgan fingerprint density at radius 1 is 0.481 bits per heavy atom. The molecule has 3 saturated heterocycles. The molecule has 0 bridgehead atoms. The Morgan fingerprint density at radius 2 is 0.778 bits per heavy atom. The topological polar surface area (TPSA) is 141 Å². The van der Waals surface area contributed by atoms with Crippen LogP contribution < -0.4 is 11.5 Å². The number of carbonyl (C=O) groups is 3. The molecule has 3 aromatic rings. The Hall–Kier alpha value is -4.61. The van der Waals surface area contributed by atoms with Gasteiger partial charge in [0, 0.05) is 49.8 Å². The summed E-state index contributed by atoms with van der Waals surface area (Å²) in [4.78, 5) is 41.3. The molecular weight excluding hydrogens is 683 g/mol. The molecule has 6 rings (SSSR count). The van der Waals surface area contributed by atoms with Crippen molar-refractivity contribution in [3.05, 3.63) is 108 Å². The van der Waals surface area contributed by atoms with Gasteiger partial charge in [-0.25, -0.2) is 14.4 Å². The fourth-order valence-electron chi connectivity index (χ4n) is 6.73. The summed E-state index contributed by atoms with van der Waals surface area (Å²) in [6.45, 7) is 11.3. The molecule has 6 atom stereocenters. The van der Waals surface area contributed by atoms with Crippen molar-refractivity contribution in [1.82, 2.24) is 14.7 Å². The van der Waals surface area contributed by atoms with Crippen molar-refractivity contribution in [2.45, 2.75) is 116 Å². The standard InChI is InChI=1S/C15H21NO2.2C14H20N2O2/c1-12-8-9-13(2)16(10-12)15(17)18-11-14-6-4-3-5-7-14;2*1-11-7-8-13(15)9-16(11)14(17)18-10-12-5-3-2-4-6-12/h3-7,12-13H,8-11H2,1-2H3;2*2-6,11,13H,7-10,15H2,1H3/t12-,13-;2*11-,13-/m010/s1. The Bertz CT molecular complexity index is 1360. The third-order valence-corrected chi connectivity index (χ3v) is 10.3. The summed E-state index contributed by atoms with van der Waals surface area (Å²) in [6, 6.07) is 30.1. The van der Waals surface area contributed by atoms with Crippen molar-refractivity contribution >= 4 is 18.3 Å². The van der Waals surface area contributed by atoms with Gasteiger partial charge >= 0.3 is 18.3 Å². The minimum absolute atomic E-state index is 0.0745. The van der Waals surface area contributed by atoms with Crippen molar-refractivity contribution in [3.8, 4) is 0 Å². The van der Waals surface area contributed by atoms with Gasteiger partial charge in [-0.3, -0.25) is 0 Å². The van der Waals surface area contributed by atoms with Gasteiger partial charge in [0.05, 0.1) is 0 Å². The van der Waals surface area contributed by atoms with Gasteiger partial charge in [0.1, 0.15) is 19.8 Å². The van der Waals surface area contributed by atoms with E-state index in [-0.39, 0.29) is 42.4 Å². The maximum atomic E-state index is 12.0. The minimum Gasteiger partial charge on any atom is -0.445 e. The van der Waals surface area contributed by atoms with Gasteiger partial charge in [-0.2, -0.15) is 0 Å². The van der Waals surface area contributed by atoms with Crippen LogP contribution in [-0.4, -0.2) is 82.8 Å². The first-order valence-electron chi connectivity index (χ1n) is 19.4. The van der Waals surface area contributed by atoms with Crippen LogP contribution in [0.1, 0.15) is 82.9 Å². The number of amides is 3. The van der Waals surface area contributed by atoms with Crippen LogP contribution in [0.15, 0.2) is 91.0 Å². The number of benzene rings is 3. The molecule has 3 aromatic carbocycles. The highest BCUT2D eigenvalue weighted by Gasteiger charge is 2.30. The average Bonchev–Trinajstić information content (AvgIpc) is 3.19. The van der Waals surface area contributed by atoms with Gasteiger partial charge in [0.15, 0.2) is 0 Å². The summed E-state index contributed by atoms with van der Waals surface area (Å²) in [5, 5.41) is 0. The highest BCUT2D eigenvalue weighted by molar-refractivity contribution is 5.69. The number of rotatable bonds is 6. The number of piperidine rings is 3. The quantitative estimate of drug-likeness (QED) is 0.245. The molecule has 3 heterocycles. The van der Waals surface area contributed by atoms with E-state index < -0.39 is 0 Å². The zero-order valence-corrected chi connectivity index (χ0v) is 32.6.